The fraction of sp³-hybridized carbons (Fsp3) is 0.389. The highest BCUT2D eigenvalue weighted by atomic mass is 16.5. The van der Waals surface area contributed by atoms with E-state index in [1.165, 1.54) is 12.4 Å². The second kappa shape index (κ2) is 8.43. The maximum absolute atomic E-state index is 12.1. The first-order valence-corrected chi connectivity index (χ1v) is 8.46. The van der Waals surface area contributed by atoms with Crippen molar-refractivity contribution in [1.82, 2.24) is 15.3 Å². The summed E-state index contributed by atoms with van der Waals surface area (Å²) < 4.78 is 10.9. The van der Waals surface area contributed by atoms with Crippen LogP contribution < -0.4 is 15.4 Å². The summed E-state index contributed by atoms with van der Waals surface area (Å²) in [6.07, 6.45) is 5.14. The minimum absolute atomic E-state index is 0.109. The molecule has 1 aromatic heterocycles. The number of hydrogen-bond acceptors (Lipinski definition) is 6. The normalized spacial score (nSPS) is 16.4. The molecular weight excluding hydrogens is 320 g/mol. The van der Waals surface area contributed by atoms with E-state index in [-0.39, 0.29) is 17.7 Å². The van der Waals surface area contributed by atoms with Gasteiger partial charge in [0.1, 0.15) is 17.3 Å². The Kier molecular flexibility index (Phi) is 5.79. The standard InChI is InChI=1S/C18H22N4O3/c1-2-24-14-7-5-13(6-8-14)22-17-12-19-16(11-20-17)18(23)21-10-15-4-3-9-25-15/h5-8,11-12,15H,2-4,9-10H2,1H3,(H,20,22)(H,21,23). The third kappa shape index (κ3) is 4.90. The number of hydrogen-bond donors (Lipinski definition) is 2. The maximum atomic E-state index is 12.1. The number of nitrogens with one attached hydrogen (secondary N) is 2. The first kappa shape index (κ1) is 17.2. The summed E-state index contributed by atoms with van der Waals surface area (Å²) in [5.41, 5.74) is 1.16. The van der Waals surface area contributed by atoms with Gasteiger partial charge in [0.25, 0.3) is 5.91 Å². The predicted octanol–water partition coefficient (Wildman–Crippen LogP) is 2.53. The van der Waals surface area contributed by atoms with Crippen LogP contribution in [-0.2, 0) is 4.74 Å². The average molecular weight is 342 g/mol. The quantitative estimate of drug-likeness (QED) is 0.804. The number of amides is 1. The number of anilines is 2. The van der Waals surface area contributed by atoms with Crippen LogP contribution in [0.2, 0.25) is 0 Å². The highest BCUT2D eigenvalue weighted by Crippen LogP contribution is 2.18. The topological polar surface area (TPSA) is 85.4 Å². The van der Waals surface area contributed by atoms with E-state index in [1.807, 2.05) is 31.2 Å². The molecular formula is C18H22N4O3. The van der Waals surface area contributed by atoms with E-state index in [0.29, 0.717) is 19.0 Å². The van der Waals surface area contributed by atoms with Gasteiger partial charge in [-0.25, -0.2) is 9.97 Å². The SMILES string of the molecule is CCOc1ccc(Nc2cnc(C(=O)NCC3CCCO3)cn2)cc1. The van der Waals surface area contributed by atoms with Crippen molar-refractivity contribution in [3.05, 3.63) is 42.4 Å². The summed E-state index contributed by atoms with van der Waals surface area (Å²) in [6.45, 7) is 3.86. The molecule has 0 aliphatic carbocycles. The van der Waals surface area contributed by atoms with Crippen molar-refractivity contribution in [2.24, 2.45) is 0 Å². The second-order valence-electron chi connectivity index (χ2n) is 5.71. The number of carbonyl (C=O) groups excluding carboxylic acids is 1. The van der Waals surface area contributed by atoms with Gasteiger partial charge in [-0.15, -0.1) is 0 Å². The molecule has 0 bridgehead atoms. The Morgan fingerprint density at radius 3 is 2.76 bits per heavy atom. The summed E-state index contributed by atoms with van der Waals surface area (Å²) in [5, 5.41) is 5.96. The molecule has 2 N–H and O–H groups in total. The predicted molar refractivity (Wildman–Crippen MR) is 94.2 cm³/mol. The number of benzene rings is 1. The largest absolute Gasteiger partial charge is 0.494 e. The van der Waals surface area contributed by atoms with E-state index in [0.717, 1.165) is 30.9 Å². The molecule has 1 aromatic carbocycles. The van der Waals surface area contributed by atoms with Crippen molar-refractivity contribution in [2.45, 2.75) is 25.9 Å². The highest BCUT2D eigenvalue weighted by Gasteiger charge is 2.17. The minimum Gasteiger partial charge on any atom is -0.494 e. The molecule has 1 aliphatic rings. The zero-order valence-electron chi connectivity index (χ0n) is 14.2. The summed E-state index contributed by atoms with van der Waals surface area (Å²) in [6, 6.07) is 7.56. The Morgan fingerprint density at radius 1 is 1.28 bits per heavy atom. The van der Waals surface area contributed by atoms with E-state index in [9.17, 15) is 4.79 Å². The molecule has 1 fully saturated rings. The van der Waals surface area contributed by atoms with Crippen LogP contribution in [0.25, 0.3) is 0 Å². The highest BCUT2D eigenvalue weighted by molar-refractivity contribution is 5.92. The number of nitrogens with zero attached hydrogens (tertiary/aromatic N) is 2. The molecule has 0 radical (unpaired) electrons. The van der Waals surface area contributed by atoms with Gasteiger partial charge >= 0.3 is 0 Å². The molecule has 0 spiro atoms. The first-order chi connectivity index (χ1) is 12.2. The molecule has 7 heteroatoms. The summed E-state index contributed by atoms with van der Waals surface area (Å²) in [4.78, 5) is 20.5. The number of aromatic nitrogens is 2. The second-order valence-corrected chi connectivity index (χ2v) is 5.71. The van der Waals surface area contributed by atoms with Crippen molar-refractivity contribution < 1.29 is 14.3 Å². The van der Waals surface area contributed by atoms with Gasteiger partial charge in [-0.1, -0.05) is 0 Å². The molecule has 0 saturated carbocycles. The van der Waals surface area contributed by atoms with Crippen LogP contribution in [0.5, 0.6) is 5.75 Å². The molecule has 3 rings (SSSR count). The molecule has 25 heavy (non-hydrogen) atoms. The lowest BCUT2D eigenvalue weighted by molar-refractivity contribution is 0.0853. The van der Waals surface area contributed by atoms with Gasteiger partial charge in [0, 0.05) is 18.8 Å². The van der Waals surface area contributed by atoms with Crippen LogP contribution in [0.15, 0.2) is 36.7 Å². The zero-order chi connectivity index (χ0) is 17.5. The Balaban J connectivity index is 1.53. The lowest BCUT2D eigenvalue weighted by Crippen LogP contribution is -2.32. The van der Waals surface area contributed by atoms with Crippen molar-refractivity contribution in [3.8, 4) is 5.75 Å². The van der Waals surface area contributed by atoms with Crippen LogP contribution in [0.1, 0.15) is 30.3 Å². The maximum Gasteiger partial charge on any atom is 0.271 e. The third-order valence-corrected chi connectivity index (χ3v) is 3.84. The molecule has 2 heterocycles. The van der Waals surface area contributed by atoms with Crippen LogP contribution in [0.4, 0.5) is 11.5 Å². The zero-order valence-corrected chi connectivity index (χ0v) is 14.2. The van der Waals surface area contributed by atoms with Gasteiger partial charge in [0.2, 0.25) is 0 Å². The van der Waals surface area contributed by atoms with Gasteiger partial charge < -0.3 is 20.1 Å². The Labute approximate surface area is 146 Å². The molecule has 1 atom stereocenters. The molecule has 132 valence electrons. The lowest BCUT2D eigenvalue weighted by atomic mass is 10.2. The van der Waals surface area contributed by atoms with Crippen molar-refractivity contribution >= 4 is 17.4 Å². The lowest BCUT2D eigenvalue weighted by Gasteiger charge is -2.10. The smallest absolute Gasteiger partial charge is 0.271 e. The van der Waals surface area contributed by atoms with Crippen LogP contribution >= 0.6 is 0 Å². The van der Waals surface area contributed by atoms with E-state index in [2.05, 4.69) is 20.6 Å². The molecule has 1 unspecified atom stereocenters. The summed E-state index contributed by atoms with van der Waals surface area (Å²) >= 11 is 0. The number of ether oxygens (including phenoxy) is 2. The number of carbonyl (C=O) groups is 1. The number of rotatable bonds is 7. The van der Waals surface area contributed by atoms with Gasteiger partial charge in [-0.2, -0.15) is 0 Å². The Bertz CT molecular complexity index is 682. The van der Waals surface area contributed by atoms with Gasteiger partial charge in [-0.3, -0.25) is 4.79 Å². The molecule has 7 nitrogen and oxygen atoms in total. The van der Waals surface area contributed by atoms with E-state index in [4.69, 9.17) is 9.47 Å². The first-order valence-electron chi connectivity index (χ1n) is 8.46. The third-order valence-electron chi connectivity index (χ3n) is 3.84. The van der Waals surface area contributed by atoms with Crippen molar-refractivity contribution in [2.75, 3.05) is 25.1 Å². The monoisotopic (exact) mass is 342 g/mol. The van der Waals surface area contributed by atoms with Crippen molar-refractivity contribution in [1.29, 1.82) is 0 Å². The fourth-order valence-electron chi connectivity index (χ4n) is 2.56. The molecule has 1 aliphatic heterocycles. The molecule has 1 amide bonds. The van der Waals surface area contributed by atoms with E-state index in [1.54, 1.807) is 0 Å². The fourth-order valence-corrected chi connectivity index (χ4v) is 2.56. The van der Waals surface area contributed by atoms with Crippen molar-refractivity contribution in [3.63, 3.8) is 0 Å². The van der Waals surface area contributed by atoms with E-state index >= 15 is 0 Å². The Hall–Kier alpha value is -2.67. The molecule has 1 saturated heterocycles. The van der Waals surface area contributed by atoms with Crippen LogP contribution in [0, 0.1) is 0 Å². The van der Waals surface area contributed by atoms with Gasteiger partial charge in [0.15, 0.2) is 0 Å². The van der Waals surface area contributed by atoms with Gasteiger partial charge in [0.05, 0.1) is 25.1 Å². The van der Waals surface area contributed by atoms with Gasteiger partial charge in [-0.05, 0) is 44.0 Å². The minimum atomic E-state index is -0.240. The summed E-state index contributed by atoms with van der Waals surface area (Å²) in [7, 11) is 0. The van der Waals surface area contributed by atoms with Crippen LogP contribution in [0.3, 0.4) is 0 Å². The average Bonchev–Trinajstić information content (AvgIpc) is 3.16. The Morgan fingerprint density at radius 2 is 2.12 bits per heavy atom. The molecule has 2 aromatic rings. The van der Waals surface area contributed by atoms with E-state index < -0.39 is 0 Å². The summed E-state index contributed by atoms with van der Waals surface area (Å²) in [5.74, 6) is 1.15. The van der Waals surface area contributed by atoms with Crippen LogP contribution in [-0.4, -0.2) is 41.7 Å².